The van der Waals surface area contributed by atoms with Crippen molar-refractivity contribution in [3.8, 4) is 11.5 Å². The van der Waals surface area contributed by atoms with Gasteiger partial charge in [-0.3, -0.25) is 9.10 Å². The molecule has 8 nitrogen and oxygen atoms in total. The summed E-state index contributed by atoms with van der Waals surface area (Å²) in [6.07, 6.45) is 1.12. The van der Waals surface area contributed by atoms with E-state index in [1.807, 2.05) is 31.2 Å². The van der Waals surface area contributed by atoms with Crippen molar-refractivity contribution in [3.63, 3.8) is 0 Å². The highest BCUT2D eigenvalue weighted by Gasteiger charge is 2.33. The summed E-state index contributed by atoms with van der Waals surface area (Å²) < 4.78 is 37.2. The molecule has 9 heteroatoms. The summed E-state index contributed by atoms with van der Waals surface area (Å²) in [6, 6.07) is 13.7. The zero-order valence-electron chi connectivity index (χ0n) is 19.0. The number of carbonyl (C=O) groups is 1. The Labute approximate surface area is 190 Å². The van der Waals surface area contributed by atoms with Crippen LogP contribution in [0.1, 0.15) is 13.8 Å². The topological polar surface area (TPSA) is 79.4 Å². The maximum absolute atomic E-state index is 13.2. The maximum atomic E-state index is 13.2. The van der Waals surface area contributed by atoms with Crippen LogP contribution in [0.15, 0.2) is 48.5 Å². The van der Waals surface area contributed by atoms with E-state index in [-0.39, 0.29) is 5.91 Å². The van der Waals surface area contributed by atoms with Crippen LogP contribution < -0.4 is 18.7 Å². The minimum absolute atomic E-state index is 0.219. The number of amides is 1. The van der Waals surface area contributed by atoms with Crippen molar-refractivity contribution in [2.24, 2.45) is 0 Å². The summed E-state index contributed by atoms with van der Waals surface area (Å²) in [5.74, 6) is 1.22. The number of anilines is 2. The van der Waals surface area contributed by atoms with Crippen LogP contribution in [0.2, 0.25) is 0 Å². The number of hydrogen-bond donors (Lipinski definition) is 0. The van der Waals surface area contributed by atoms with E-state index < -0.39 is 16.1 Å². The Balaban J connectivity index is 1.73. The Kier molecular flexibility index (Phi) is 7.50. The van der Waals surface area contributed by atoms with Gasteiger partial charge in [-0.25, -0.2) is 8.42 Å². The number of rotatable bonds is 8. The Morgan fingerprint density at radius 2 is 1.69 bits per heavy atom. The molecule has 2 aromatic rings. The van der Waals surface area contributed by atoms with Gasteiger partial charge in [0.2, 0.25) is 15.9 Å². The second kappa shape index (κ2) is 10.1. The summed E-state index contributed by atoms with van der Waals surface area (Å²) in [6.45, 7) is 6.31. The molecule has 1 amide bonds. The SMILES string of the molecule is CCOc1ccc(N([C@@H](C)C(=O)N2CCN(c3ccccc3OC)CC2)S(C)(=O)=O)cc1. The van der Waals surface area contributed by atoms with Crippen molar-refractivity contribution in [3.05, 3.63) is 48.5 Å². The summed E-state index contributed by atoms with van der Waals surface area (Å²) in [4.78, 5) is 17.1. The Hall–Kier alpha value is -2.94. The van der Waals surface area contributed by atoms with Crippen LogP contribution >= 0.6 is 0 Å². The minimum atomic E-state index is -3.67. The molecule has 1 atom stereocenters. The standard InChI is InChI=1S/C23H31N3O5S/c1-5-31-20-12-10-19(11-13-20)26(32(4,28)29)18(2)23(27)25-16-14-24(15-17-25)21-8-6-7-9-22(21)30-3/h6-13,18H,5,14-17H2,1-4H3/t18-/m0/s1. The highest BCUT2D eigenvalue weighted by molar-refractivity contribution is 7.92. The molecule has 0 aliphatic carbocycles. The van der Waals surface area contributed by atoms with Crippen molar-refractivity contribution in [1.82, 2.24) is 4.90 Å². The summed E-state index contributed by atoms with van der Waals surface area (Å²) in [7, 11) is -2.03. The van der Waals surface area contributed by atoms with Crippen LogP contribution in [0.25, 0.3) is 0 Å². The molecule has 3 rings (SSSR count). The number of para-hydroxylation sites is 2. The highest BCUT2D eigenvalue weighted by atomic mass is 32.2. The third-order valence-electron chi connectivity index (χ3n) is 5.49. The van der Waals surface area contributed by atoms with Gasteiger partial charge in [0.1, 0.15) is 17.5 Å². The Morgan fingerprint density at radius 1 is 1.06 bits per heavy atom. The van der Waals surface area contributed by atoms with Crippen molar-refractivity contribution >= 4 is 27.3 Å². The largest absolute Gasteiger partial charge is 0.495 e. The zero-order valence-corrected chi connectivity index (χ0v) is 19.8. The average Bonchev–Trinajstić information content (AvgIpc) is 2.79. The quantitative estimate of drug-likeness (QED) is 0.601. The summed E-state index contributed by atoms with van der Waals surface area (Å²) in [5, 5.41) is 0. The second-order valence-electron chi connectivity index (χ2n) is 7.65. The molecule has 0 bridgehead atoms. The number of piperazine rings is 1. The van der Waals surface area contributed by atoms with Crippen LogP contribution in [-0.4, -0.2) is 71.4 Å². The van der Waals surface area contributed by atoms with Gasteiger partial charge in [0.15, 0.2) is 0 Å². The van der Waals surface area contributed by atoms with Gasteiger partial charge in [-0.1, -0.05) is 12.1 Å². The predicted octanol–water partition coefficient (Wildman–Crippen LogP) is 2.60. The van der Waals surface area contributed by atoms with Gasteiger partial charge in [-0.15, -0.1) is 0 Å². The molecule has 1 heterocycles. The van der Waals surface area contributed by atoms with E-state index in [4.69, 9.17) is 9.47 Å². The van der Waals surface area contributed by atoms with E-state index in [0.29, 0.717) is 44.2 Å². The maximum Gasteiger partial charge on any atom is 0.246 e. The van der Waals surface area contributed by atoms with Gasteiger partial charge in [-0.05, 0) is 50.2 Å². The molecule has 1 saturated heterocycles. The smallest absolute Gasteiger partial charge is 0.246 e. The van der Waals surface area contributed by atoms with Crippen molar-refractivity contribution in [1.29, 1.82) is 0 Å². The van der Waals surface area contributed by atoms with E-state index >= 15 is 0 Å². The third-order valence-corrected chi connectivity index (χ3v) is 6.73. The zero-order chi connectivity index (χ0) is 23.3. The first-order valence-corrected chi connectivity index (χ1v) is 12.5. The number of methoxy groups -OCH3 is 1. The molecule has 1 aliphatic rings. The first-order chi connectivity index (χ1) is 15.3. The molecule has 174 valence electrons. The molecule has 1 aliphatic heterocycles. The van der Waals surface area contributed by atoms with Crippen molar-refractivity contribution in [2.75, 3.05) is 55.4 Å². The average molecular weight is 462 g/mol. The van der Waals surface area contributed by atoms with Crippen molar-refractivity contribution in [2.45, 2.75) is 19.9 Å². The normalized spacial score (nSPS) is 15.2. The first kappa shape index (κ1) is 23.7. The Bertz CT molecular complexity index is 1020. The molecule has 0 spiro atoms. The summed E-state index contributed by atoms with van der Waals surface area (Å²) >= 11 is 0. The van der Waals surface area contributed by atoms with E-state index in [2.05, 4.69) is 4.90 Å². The van der Waals surface area contributed by atoms with Crippen LogP contribution in [0.3, 0.4) is 0 Å². The number of ether oxygens (including phenoxy) is 2. The lowest BCUT2D eigenvalue weighted by molar-refractivity contribution is -0.132. The number of sulfonamides is 1. The third kappa shape index (κ3) is 5.27. The van der Waals surface area contributed by atoms with Crippen LogP contribution in [-0.2, 0) is 14.8 Å². The fourth-order valence-electron chi connectivity index (χ4n) is 3.98. The highest BCUT2D eigenvalue weighted by Crippen LogP contribution is 2.29. The van der Waals surface area contributed by atoms with Crippen LogP contribution in [0.5, 0.6) is 11.5 Å². The summed E-state index contributed by atoms with van der Waals surface area (Å²) in [5.41, 5.74) is 1.42. The lowest BCUT2D eigenvalue weighted by Crippen LogP contribution is -2.55. The van der Waals surface area contributed by atoms with Gasteiger partial charge in [0, 0.05) is 26.2 Å². The molecule has 0 radical (unpaired) electrons. The van der Waals surface area contributed by atoms with E-state index in [1.54, 1.807) is 43.2 Å². The molecule has 32 heavy (non-hydrogen) atoms. The number of benzene rings is 2. The molecule has 0 aromatic heterocycles. The fourth-order valence-corrected chi connectivity index (χ4v) is 5.15. The molecule has 0 unspecified atom stereocenters. The van der Waals surface area contributed by atoms with E-state index in [1.165, 1.54) is 4.31 Å². The van der Waals surface area contributed by atoms with Gasteiger partial charge in [-0.2, -0.15) is 0 Å². The molecular weight excluding hydrogens is 430 g/mol. The van der Waals surface area contributed by atoms with Crippen molar-refractivity contribution < 1.29 is 22.7 Å². The first-order valence-electron chi connectivity index (χ1n) is 10.6. The van der Waals surface area contributed by atoms with Gasteiger partial charge in [0.25, 0.3) is 0 Å². The Morgan fingerprint density at radius 3 is 2.25 bits per heavy atom. The van der Waals surface area contributed by atoms with E-state index in [0.717, 1.165) is 17.7 Å². The molecule has 0 saturated carbocycles. The monoisotopic (exact) mass is 461 g/mol. The number of hydrogen-bond acceptors (Lipinski definition) is 6. The molecular formula is C23H31N3O5S. The van der Waals surface area contributed by atoms with E-state index in [9.17, 15) is 13.2 Å². The van der Waals surface area contributed by atoms with Gasteiger partial charge in [0.05, 0.1) is 31.3 Å². The minimum Gasteiger partial charge on any atom is -0.495 e. The van der Waals surface area contributed by atoms with Crippen LogP contribution in [0.4, 0.5) is 11.4 Å². The number of nitrogens with zero attached hydrogens (tertiary/aromatic N) is 3. The second-order valence-corrected chi connectivity index (χ2v) is 9.51. The molecule has 0 N–H and O–H groups in total. The molecule has 2 aromatic carbocycles. The molecule has 1 fully saturated rings. The fraction of sp³-hybridized carbons (Fsp3) is 0.435. The lowest BCUT2D eigenvalue weighted by Gasteiger charge is -2.39. The number of carbonyl (C=O) groups excluding carboxylic acids is 1. The van der Waals surface area contributed by atoms with Gasteiger partial charge < -0.3 is 19.3 Å². The van der Waals surface area contributed by atoms with Gasteiger partial charge >= 0.3 is 0 Å². The van der Waals surface area contributed by atoms with Crippen LogP contribution in [0, 0.1) is 0 Å². The lowest BCUT2D eigenvalue weighted by atomic mass is 10.2. The predicted molar refractivity (Wildman–Crippen MR) is 126 cm³/mol.